The minimum absolute atomic E-state index is 0.0973. The van der Waals surface area contributed by atoms with E-state index in [0.29, 0.717) is 10.9 Å². The van der Waals surface area contributed by atoms with Crippen LogP contribution in [0.1, 0.15) is 20.8 Å². The molecule has 0 amide bonds. The molecule has 0 atom stereocenters. The monoisotopic (exact) mass is 406 g/mol. The predicted octanol–water partition coefficient (Wildman–Crippen LogP) is 4.98. The fourth-order valence-electron chi connectivity index (χ4n) is 2.79. The maximum absolute atomic E-state index is 12.4. The molecule has 0 bridgehead atoms. The van der Waals surface area contributed by atoms with Crippen LogP contribution in [0.15, 0.2) is 65.4 Å². The van der Waals surface area contributed by atoms with E-state index in [0.717, 1.165) is 22.0 Å². The van der Waals surface area contributed by atoms with Crippen molar-refractivity contribution in [3.8, 4) is 17.1 Å². The molecule has 140 valence electrons. The second kappa shape index (κ2) is 8.08. The van der Waals surface area contributed by atoms with Crippen molar-refractivity contribution >= 4 is 28.9 Å². The fourth-order valence-corrected chi connectivity index (χ4v) is 4.38. The van der Waals surface area contributed by atoms with Gasteiger partial charge in [0.25, 0.3) is 0 Å². The predicted molar refractivity (Wildman–Crippen MR) is 113 cm³/mol. The number of pyridine rings is 1. The van der Waals surface area contributed by atoms with Crippen molar-refractivity contribution in [2.24, 2.45) is 0 Å². The van der Waals surface area contributed by atoms with E-state index in [2.05, 4.69) is 47.2 Å². The summed E-state index contributed by atoms with van der Waals surface area (Å²) in [5.41, 5.74) is 4.32. The standard InChI is InChI=1S/C21H18N4OS2/c1-14-5-6-17(12-15(14)2)25-20(16-7-9-22-10-8-16)23-24-21(25)28-13-18(26)19-4-3-11-27-19/h3-12H,13H2,1-2H3. The number of Topliss-reactive ketones (excluding diaryl/α,β-unsaturated/α-hetero) is 1. The van der Waals surface area contributed by atoms with Gasteiger partial charge in [0.05, 0.1) is 16.3 Å². The molecule has 28 heavy (non-hydrogen) atoms. The number of thioether (sulfide) groups is 1. The number of aromatic nitrogens is 4. The van der Waals surface area contributed by atoms with Crippen molar-refractivity contribution in [3.63, 3.8) is 0 Å². The van der Waals surface area contributed by atoms with Crippen LogP contribution in [0.3, 0.4) is 0 Å². The summed E-state index contributed by atoms with van der Waals surface area (Å²) >= 11 is 2.86. The number of ketones is 1. The molecule has 0 saturated carbocycles. The quantitative estimate of drug-likeness (QED) is 0.334. The number of thiophene rings is 1. The normalized spacial score (nSPS) is 10.9. The topological polar surface area (TPSA) is 60.7 Å². The van der Waals surface area contributed by atoms with Gasteiger partial charge in [0.1, 0.15) is 0 Å². The van der Waals surface area contributed by atoms with Gasteiger partial charge in [0.2, 0.25) is 0 Å². The highest BCUT2D eigenvalue weighted by molar-refractivity contribution is 7.99. The third kappa shape index (κ3) is 3.76. The second-order valence-electron chi connectivity index (χ2n) is 6.34. The smallest absolute Gasteiger partial charge is 0.196 e. The minimum Gasteiger partial charge on any atom is -0.292 e. The van der Waals surface area contributed by atoms with Crippen molar-refractivity contribution in [2.45, 2.75) is 19.0 Å². The van der Waals surface area contributed by atoms with E-state index < -0.39 is 0 Å². The Morgan fingerprint density at radius 3 is 2.61 bits per heavy atom. The highest BCUT2D eigenvalue weighted by Crippen LogP contribution is 2.29. The van der Waals surface area contributed by atoms with Crippen molar-refractivity contribution < 1.29 is 4.79 Å². The van der Waals surface area contributed by atoms with Gasteiger partial charge < -0.3 is 0 Å². The molecule has 0 saturated heterocycles. The first-order chi connectivity index (χ1) is 13.6. The van der Waals surface area contributed by atoms with Gasteiger partial charge in [-0.2, -0.15) is 0 Å². The van der Waals surface area contributed by atoms with E-state index in [-0.39, 0.29) is 5.78 Å². The summed E-state index contributed by atoms with van der Waals surface area (Å²) in [7, 11) is 0. The highest BCUT2D eigenvalue weighted by Gasteiger charge is 2.18. The molecule has 0 spiro atoms. The van der Waals surface area contributed by atoms with Gasteiger partial charge in [-0.1, -0.05) is 23.9 Å². The van der Waals surface area contributed by atoms with Crippen LogP contribution in [0.5, 0.6) is 0 Å². The van der Waals surface area contributed by atoms with Crippen molar-refractivity contribution in [1.82, 2.24) is 19.7 Å². The highest BCUT2D eigenvalue weighted by atomic mass is 32.2. The molecule has 0 aliphatic rings. The molecule has 7 heteroatoms. The summed E-state index contributed by atoms with van der Waals surface area (Å²) in [5, 5.41) is 11.4. The average Bonchev–Trinajstić information content (AvgIpc) is 3.39. The number of rotatable bonds is 6. The number of nitrogens with zero attached hydrogens (tertiary/aromatic N) is 4. The Labute approximate surface area is 171 Å². The molecular formula is C21H18N4OS2. The van der Waals surface area contributed by atoms with Crippen LogP contribution in [-0.4, -0.2) is 31.3 Å². The van der Waals surface area contributed by atoms with Crippen LogP contribution in [0.25, 0.3) is 17.1 Å². The van der Waals surface area contributed by atoms with E-state index in [1.54, 1.807) is 12.4 Å². The third-order valence-electron chi connectivity index (χ3n) is 4.45. The Bertz CT molecular complexity index is 1100. The molecule has 0 unspecified atom stereocenters. The van der Waals surface area contributed by atoms with E-state index in [1.165, 1.54) is 34.2 Å². The van der Waals surface area contributed by atoms with Crippen molar-refractivity contribution in [3.05, 3.63) is 76.2 Å². The second-order valence-corrected chi connectivity index (χ2v) is 8.23. The van der Waals surface area contributed by atoms with Gasteiger partial charge in [-0.3, -0.25) is 14.3 Å². The van der Waals surface area contributed by atoms with Crippen LogP contribution >= 0.6 is 23.1 Å². The maximum Gasteiger partial charge on any atom is 0.196 e. The van der Waals surface area contributed by atoms with Gasteiger partial charge in [-0.05, 0) is 60.7 Å². The summed E-state index contributed by atoms with van der Waals surface area (Å²) in [6, 6.07) is 13.8. The van der Waals surface area contributed by atoms with E-state index in [4.69, 9.17) is 0 Å². The van der Waals surface area contributed by atoms with E-state index in [1.807, 2.05) is 34.2 Å². The fraction of sp³-hybridized carbons (Fsp3) is 0.143. The zero-order chi connectivity index (χ0) is 19.5. The molecule has 3 aromatic heterocycles. The first-order valence-corrected chi connectivity index (χ1v) is 10.6. The molecule has 4 rings (SSSR count). The summed E-state index contributed by atoms with van der Waals surface area (Å²) in [5.74, 6) is 1.15. The van der Waals surface area contributed by atoms with Gasteiger partial charge in [-0.25, -0.2) is 0 Å². The third-order valence-corrected chi connectivity index (χ3v) is 6.29. The lowest BCUT2D eigenvalue weighted by atomic mass is 10.1. The molecule has 0 aliphatic carbocycles. The number of aryl methyl sites for hydroxylation is 2. The average molecular weight is 407 g/mol. The molecule has 4 aromatic rings. The lowest BCUT2D eigenvalue weighted by molar-refractivity contribution is 0.102. The van der Waals surface area contributed by atoms with Crippen molar-refractivity contribution in [2.75, 3.05) is 5.75 Å². The van der Waals surface area contributed by atoms with E-state index in [9.17, 15) is 4.79 Å². The van der Waals surface area contributed by atoms with Gasteiger partial charge in [0, 0.05) is 18.0 Å². The van der Waals surface area contributed by atoms with Crippen molar-refractivity contribution in [1.29, 1.82) is 0 Å². The Morgan fingerprint density at radius 2 is 1.89 bits per heavy atom. The Morgan fingerprint density at radius 1 is 1.07 bits per heavy atom. The number of hydrogen-bond donors (Lipinski definition) is 0. The van der Waals surface area contributed by atoms with Gasteiger partial charge in [-0.15, -0.1) is 21.5 Å². The molecule has 0 aliphatic heterocycles. The van der Waals surface area contributed by atoms with Crippen LogP contribution < -0.4 is 0 Å². The number of carbonyl (C=O) groups excluding carboxylic acids is 1. The Hall–Kier alpha value is -2.77. The molecule has 0 radical (unpaired) electrons. The largest absolute Gasteiger partial charge is 0.292 e. The van der Waals surface area contributed by atoms with Crippen LogP contribution in [0.4, 0.5) is 0 Å². The van der Waals surface area contributed by atoms with Gasteiger partial charge in [0.15, 0.2) is 16.8 Å². The zero-order valence-corrected chi connectivity index (χ0v) is 17.1. The van der Waals surface area contributed by atoms with E-state index >= 15 is 0 Å². The summed E-state index contributed by atoms with van der Waals surface area (Å²) in [4.78, 5) is 17.3. The molecule has 0 fully saturated rings. The molecule has 0 N–H and O–H groups in total. The first-order valence-electron chi connectivity index (χ1n) is 8.76. The summed E-state index contributed by atoms with van der Waals surface area (Å²) < 4.78 is 2.01. The minimum atomic E-state index is 0.0973. The number of hydrogen-bond acceptors (Lipinski definition) is 6. The van der Waals surface area contributed by atoms with Crippen LogP contribution in [-0.2, 0) is 0 Å². The maximum atomic E-state index is 12.4. The van der Waals surface area contributed by atoms with Crippen LogP contribution in [0.2, 0.25) is 0 Å². The number of carbonyl (C=O) groups is 1. The Balaban J connectivity index is 1.73. The SMILES string of the molecule is Cc1ccc(-n2c(SCC(=O)c3cccs3)nnc2-c2ccncc2)cc1C. The zero-order valence-electron chi connectivity index (χ0n) is 15.5. The number of benzene rings is 1. The van der Waals surface area contributed by atoms with Gasteiger partial charge >= 0.3 is 0 Å². The lowest BCUT2D eigenvalue weighted by Gasteiger charge is -2.12. The molecule has 3 heterocycles. The Kier molecular flexibility index (Phi) is 5.36. The molecule has 1 aromatic carbocycles. The molecule has 5 nitrogen and oxygen atoms in total. The van der Waals surface area contributed by atoms with Crippen LogP contribution in [0, 0.1) is 13.8 Å². The summed E-state index contributed by atoms with van der Waals surface area (Å²) in [6.45, 7) is 4.17. The lowest BCUT2D eigenvalue weighted by Crippen LogP contribution is -2.04. The molecular weight excluding hydrogens is 388 g/mol. The first kappa shape index (κ1) is 18.6. The summed E-state index contributed by atoms with van der Waals surface area (Å²) in [6.07, 6.45) is 3.48.